The Balaban J connectivity index is 1.14. The van der Waals surface area contributed by atoms with Crippen molar-refractivity contribution in [3.8, 4) is 0 Å². The molecule has 34 heavy (non-hydrogen) atoms. The number of nitrogens with zero attached hydrogens (tertiary/aromatic N) is 1. The number of rotatable bonds is 9. The van der Waals surface area contributed by atoms with Crippen LogP contribution in [-0.2, 0) is 4.79 Å². The van der Waals surface area contributed by atoms with Crippen LogP contribution in [-0.4, -0.2) is 42.9 Å². The number of amides is 2. The van der Waals surface area contributed by atoms with Crippen molar-refractivity contribution in [3.63, 3.8) is 0 Å². The van der Waals surface area contributed by atoms with Gasteiger partial charge in [0.05, 0.1) is 0 Å². The summed E-state index contributed by atoms with van der Waals surface area (Å²) in [5.41, 5.74) is 8.04. The predicted molar refractivity (Wildman–Crippen MR) is 132 cm³/mol. The van der Waals surface area contributed by atoms with Gasteiger partial charge in [-0.1, -0.05) is 42.5 Å². The normalized spacial score (nSPS) is 17.6. The lowest BCUT2D eigenvalue weighted by Gasteiger charge is -2.18. The van der Waals surface area contributed by atoms with E-state index in [4.69, 9.17) is 0 Å². The molecular formula is C27H31FN4O2. The first kappa shape index (κ1) is 23.9. The van der Waals surface area contributed by atoms with E-state index in [2.05, 4.69) is 16.2 Å². The van der Waals surface area contributed by atoms with E-state index < -0.39 is 0 Å². The molecule has 2 atom stereocenters. The molecule has 3 N–H and O–H groups in total. The van der Waals surface area contributed by atoms with Crippen molar-refractivity contribution in [1.29, 1.82) is 0 Å². The van der Waals surface area contributed by atoms with Crippen LogP contribution in [0.4, 0.5) is 4.39 Å². The molecule has 0 aromatic heterocycles. The van der Waals surface area contributed by atoms with E-state index >= 15 is 0 Å². The third-order valence-electron chi connectivity index (χ3n) is 6.34. The Morgan fingerprint density at radius 3 is 2.68 bits per heavy atom. The summed E-state index contributed by atoms with van der Waals surface area (Å²) < 4.78 is 13.5. The first-order valence-electron chi connectivity index (χ1n) is 11.8. The largest absolute Gasteiger partial charge is 0.352 e. The number of nitrogens with one attached hydrogen (secondary N) is 3. The molecule has 4 rings (SSSR count). The van der Waals surface area contributed by atoms with Crippen LogP contribution in [0.25, 0.3) is 10.8 Å². The van der Waals surface area contributed by atoms with Gasteiger partial charge in [0, 0.05) is 44.2 Å². The molecule has 0 radical (unpaired) electrons. The summed E-state index contributed by atoms with van der Waals surface area (Å²) in [5, 5.41) is 4.94. The minimum Gasteiger partial charge on any atom is -0.352 e. The van der Waals surface area contributed by atoms with Crippen molar-refractivity contribution in [2.24, 2.45) is 0 Å². The number of hydrogen-bond donors (Lipinski definition) is 3. The summed E-state index contributed by atoms with van der Waals surface area (Å²) in [4.78, 5) is 26.6. The smallest absolute Gasteiger partial charge is 0.251 e. The molecule has 0 spiro atoms. The van der Waals surface area contributed by atoms with Gasteiger partial charge in [-0.15, -0.1) is 0 Å². The van der Waals surface area contributed by atoms with E-state index in [-0.39, 0.29) is 36.1 Å². The molecule has 0 aliphatic carbocycles. The van der Waals surface area contributed by atoms with Gasteiger partial charge in [-0.3, -0.25) is 20.4 Å². The average molecular weight is 463 g/mol. The van der Waals surface area contributed by atoms with Gasteiger partial charge in [0.15, 0.2) is 0 Å². The Kier molecular flexibility index (Phi) is 7.87. The highest BCUT2D eigenvalue weighted by Crippen LogP contribution is 2.24. The van der Waals surface area contributed by atoms with Crippen LogP contribution in [0.3, 0.4) is 0 Å². The molecule has 2 unspecified atom stereocenters. The lowest BCUT2D eigenvalue weighted by molar-refractivity contribution is -0.129. The van der Waals surface area contributed by atoms with Crippen molar-refractivity contribution in [1.82, 2.24) is 21.1 Å². The molecule has 1 fully saturated rings. The fourth-order valence-electron chi connectivity index (χ4n) is 4.36. The van der Waals surface area contributed by atoms with Gasteiger partial charge in [0.2, 0.25) is 5.91 Å². The van der Waals surface area contributed by atoms with Crippen LogP contribution in [0.5, 0.6) is 0 Å². The van der Waals surface area contributed by atoms with Crippen molar-refractivity contribution in [3.05, 3.63) is 83.7 Å². The van der Waals surface area contributed by atoms with E-state index in [1.165, 1.54) is 6.07 Å². The second-order valence-corrected chi connectivity index (χ2v) is 8.85. The van der Waals surface area contributed by atoms with Gasteiger partial charge in [-0.05, 0) is 59.9 Å². The maximum atomic E-state index is 13.5. The van der Waals surface area contributed by atoms with Crippen LogP contribution >= 0.6 is 0 Å². The SMILES string of the molecule is CN(CCCC1CC(c2cccc(F)c2)NN1)C(=O)CCNC(=O)c1ccc2ccccc2c1. The molecule has 6 nitrogen and oxygen atoms in total. The lowest BCUT2D eigenvalue weighted by Crippen LogP contribution is -2.34. The first-order valence-corrected chi connectivity index (χ1v) is 11.8. The summed E-state index contributed by atoms with van der Waals surface area (Å²) in [5.74, 6) is -0.390. The van der Waals surface area contributed by atoms with Gasteiger partial charge < -0.3 is 10.2 Å². The zero-order valence-electron chi connectivity index (χ0n) is 19.4. The minimum absolute atomic E-state index is 0.00829. The molecule has 1 aliphatic rings. The van der Waals surface area contributed by atoms with Gasteiger partial charge in [-0.2, -0.15) is 0 Å². The summed E-state index contributed by atoms with van der Waals surface area (Å²) in [6.45, 7) is 0.957. The fraction of sp³-hybridized carbons (Fsp3) is 0.333. The van der Waals surface area contributed by atoms with Crippen molar-refractivity contribution < 1.29 is 14.0 Å². The van der Waals surface area contributed by atoms with Gasteiger partial charge >= 0.3 is 0 Å². The monoisotopic (exact) mass is 462 g/mol. The van der Waals surface area contributed by atoms with E-state index in [1.54, 1.807) is 30.1 Å². The maximum absolute atomic E-state index is 13.5. The maximum Gasteiger partial charge on any atom is 0.251 e. The van der Waals surface area contributed by atoms with Gasteiger partial charge in [0.25, 0.3) is 5.91 Å². The third-order valence-corrected chi connectivity index (χ3v) is 6.34. The zero-order chi connectivity index (χ0) is 23.9. The fourth-order valence-corrected chi connectivity index (χ4v) is 4.36. The lowest BCUT2D eigenvalue weighted by atomic mass is 9.99. The number of halogens is 1. The second kappa shape index (κ2) is 11.2. The topological polar surface area (TPSA) is 73.5 Å². The van der Waals surface area contributed by atoms with Crippen LogP contribution in [0.15, 0.2) is 66.7 Å². The number of benzene rings is 3. The Labute approximate surface area is 199 Å². The second-order valence-electron chi connectivity index (χ2n) is 8.85. The van der Waals surface area contributed by atoms with Crippen LogP contribution < -0.4 is 16.2 Å². The van der Waals surface area contributed by atoms with Crippen LogP contribution in [0, 0.1) is 5.82 Å². The Morgan fingerprint density at radius 2 is 1.85 bits per heavy atom. The zero-order valence-corrected chi connectivity index (χ0v) is 19.4. The highest BCUT2D eigenvalue weighted by molar-refractivity contribution is 5.98. The molecule has 1 heterocycles. The molecule has 3 aromatic rings. The first-order chi connectivity index (χ1) is 16.5. The molecule has 1 aliphatic heterocycles. The van der Waals surface area contributed by atoms with E-state index in [9.17, 15) is 14.0 Å². The summed E-state index contributed by atoms with van der Waals surface area (Å²) >= 11 is 0. The molecule has 7 heteroatoms. The van der Waals surface area contributed by atoms with E-state index in [1.807, 2.05) is 42.5 Å². The number of carbonyl (C=O) groups excluding carboxylic acids is 2. The van der Waals surface area contributed by atoms with Gasteiger partial charge in [0.1, 0.15) is 5.82 Å². The Bertz CT molecular complexity index is 1150. The average Bonchev–Trinajstić information content (AvgIpc) is 3.32. The number of hydrogen-bond acceptors (Lipinski definition) is 4. The standard InChI is InChI=1S/C27H31FN4O2/c1-32(15-5-10-24-18-25(31-30-24)21-8-4-9-23(28)17-21)26(33)13-14-29-27(34)22-12-11-19-6-2-3-7-20(19)16-22/h2-4,6-9,11-12,16-17,24-25,30-31H,5,10,13-15,18H2,1H3,(H,29,34). The number of fused-ring (bicyclic) bond motifs is 1. The molecule has 1 saturated heterocycles. The van der Waals surface area contributed by atoms with Crippen LogP contribution in [0.2, 0.25) is 0 Å². The van der Waals surface area contributed by atoms with E-state index in [0.717, 1.165) is 35.6 Å². The van der Waals surface area contributed by atoms with Crippen LogP contribution in [0.1, 0.15) is 47.6 Å². The van der Waals surface area contributed by atoms with Gasteiger partial charge in [-0.25, -0.2) is 4.39 Å². The molecule has 0 saturated carbocycles. The molecule has 178 valence electrons. The molecule has 2 amide bonds. The quantitative estimate of drug-likeness (QED) is 0.450. The minimum atomic E-state index is -0.226. The number of carbonyl (C=O) groups is 2. The third kappa shape index (κ3) is 6.18. The molecule has 3 aromatic carbocycles. The summed E-state index contributed by atoms with van der Waals surface area (Å²) in [7, 11) is 1.80. The Morgan fingerprint density at radius 1 is 1.03 bits per heavy atom. The Hall–Kier alpha value is -3.29. The summed E-state index contributed by atoms with van der Waals surface area (Å²) in [6, 6.07) is 20.5. The number of hydrazine groups is 1. The highest BCUT2D eigenvalue weighted by Gasteiger charge is 2.25. The van der Waals surface area contributed by atoms with Crippen molar-refractivity contribution in [2.45, 2.75) is 37.8 Å². The van der Waals surface area contributed by atoms with E-state index in [0.29, 0.717) is 18.7 Å². The predicted octanol–water partition coefficient (Wildman–Crippen LogP) is 3.95. The summed E-state index contributed by atoms with van der Waals surface area (Å²) in [6.07, 6.45) is 2.92. The van der Waals surface area contributed by atoms with Crippen molar-refractivity contribution in [2.75, 3.05) is 20.1 Å². The highest BCUT2D eigenvalue weighted by atomic mass is 19.1. The molecular weight excluding hydrogens is 431 g/mol. The van der Waals surface area contributed by atoms with Crippen molar-refractivity contribution >= 4 is 22.6 Å². The molecule has 0 bridgehead atoms.